The summed E-state index contributed by atoms with van der Waals surface area (Å²) in [4.78, 5) is 26.5. The van der Waals surface area contributed by atoms with Crippen LogP contribution in [-0.2, 0) is 20.9 Å². The highest BCUT2D eigenvalue weighted by molar-refractivity contribution is 5.94. The van der Waals surface area contributed by atoms with Gasteiger partial charge in [-0.15, -0.1) is 0 Å². The van der Waals surface area contributed by atoms with Crippen molar-refractivity contribution in [3.63, 3.8) is 0 Å². The molecule has 1 spiro atoms. The van der Waals surface area contributed by atoms with E-state index in [-0.39, 0.29) is 5.91 Å². The van der Waals surface area contributed by atoms with E-state index in [2.05, 4.69) is 0 Å². The predicted molar refractivity (Wildman–Crippen MR) is 82.6 cm³/mol. The molecule has 1 aromatic rings. The molecule has 0 aromatic heterocycles. The molecule has 1 amide bonds. The van der Waals surface area contributed by atoms with Crippen molar-refractivity contribution in [3.8, 4) is 0 Å². The molecule has 1 N–H and O–H groups in total. The van der Waals surface area contributed by atoms with Gasteiger partial charge in [-0.3, -0.25) is 9.59 Å². The second-order valence-corrected chi connectivity index (χ2v) is 6.94. The van der Waals surface area contributed by atoms with Crippen molar-refractivity contribution >= 4 is 11.9 Å². The third-order valence-corrected chi connectivity index (χ3v) is 5.78. The molecule has 2 saturated heterocycles. The summed E-state index contributed by atoms with van der Waals surface area (Å²) in [7, 11) is 0. The first-order valence-electron chi connectivity index (χ1n) is 7.83. The number of hydrogen-bond donors (Lipinski definition) is 1. The third kappa shape index (κ3) is 1.66. The van der Waals surface area contributed by atoms with Crippen molar-refractivity contribution in [1.29, 1.82) is 0 Å². The average Bonchev–Trinajstić information content (AvgIpc) is 3.08. The van der Waals surface area contributed by atoms with Gasteiger partial charge in [0.05, 0.1) is 18.1 Å². The molecule has 5 heteroatoms. The van der Waals surface area contributed by atoms with E-state index in [0.717, 1.165) is 11.1 Å². The maximum Gasteiger partial charge on any atom is 0.310 e. The summed E-state index contributed by atoms with van der Waals surface area (Å²) in [5, 5.41) is 9.60. The van der Waals surface area contributed by atoms with Crippen molar-refractivity contribution in [1.82, 2.24) is 4.90 Å². The summed E-state index contributed by atoms with van der Waals surface area (Å²) in [5.41, 5.74) is 0.364. The van der Waals surface area contributed by atoms with Crippen molar-refractivity contribution in [2.24, 2.45) is 11.3 Å². The number of carboxylic acid groups (broad SMARTS) is 1. The van der Waals surface area contributed by atoms with Gasteiger partial charge in [-0.1, -0.05) is 36.4 Å². The molecule has 5 nitrogen and oxygen atoms in total. The Morgan fingerprint density at radius 3 is 2.87 bits per heavy atom. The number of ether oxygens (including phenoxy) is 1. The largest absolute Gasteiger partial charge is 0.481 e. The molecule has 3 aliphatic rings. The van der Waals surface area contributed by atoms with Gasteiger partial charge in [0, 0.05) is 6.54 Å². The topological polar surface area (TPSA) is 66.8 Å². The van der Waals surface area contributed by atoms with E-state index < -0.39 is 29.0 Å². The average molecular weight is 313 g/mol. The van der Waals surface area contributed by atoms with E-state index in [1.54, 1.807) is 17.9 Å². The van der Waals surface area contributed by atoms with Gasteiger partial charge in [0.2, 0.25) is 5.91 Å². The minimum absolute atomic E-state index is 0.125. The highest BCUT2D eigenvalue weighted by Crippen LogP contribution is 2.60. The van der Waals surface area contributed by atoms with Gasteiger partial charge in [-0.05, 0) is 25.0 Å². The zero-order valence-corrected chi connectivity index (χ0v) is 13.2. The van der Waals surface area contributed by atoms with Gasteiger partial charge in [0.25, 0.3) is 0 Å². The first-order valence-corrected chi connectivity index (χ1v) is 7.83. The van der Waals surface area contributed by atoms with Crippen molar-refractivity contribution < 1.29 is 19.4 Å². The van der Waals surface area contributed by atoms with Crippen LogP contribution >= 0.6 is 0 Å². The van der Waals surface area contributed by atoms with Crippen molar-refractivity contribution in [3.05, 3.63) is 47.5 Å². The number of nitrogens with zero attached hydrogens (tertiary/aromatic N) is 1. The molecule has 2 fully saturated rings. The molecule has 0 saturated carbocycles. The molecular formula is C18H19NO4. The number of fused-ring (bicyclic) bond motifs is 1. The van der Waals surface area contributed by atoms with Crippen LogP contribution in [0.15, 0.2) is 36.4 Å². The SMILES string of the molecule is Cc1ccccc1CN1C[C@]23C=C[C@H](O2)[C@@H](C(=O)O)[C@@]3(C)C1=O. The first kappa shape index (κ1) is 14.5. The third-order valence-electron chi connectivity index (χ3n) is 5.78. The second-order valence-electron chi connectivity index (χ2n) is 6.94. The van der Waals surface area contributed by atoms with E-state index in [4.69, 9.17) is 4.74 Å². The van der Waals surface area contributed by atoms with E-state index >= 15 is 0 Å². The molecule has 3 aliphatic heterocycles. The fraction of sp³-hybridized carbons (Fsp3) is 0.444. The summed E-state index contributed by atoms with van der Waals surface area (Å²) in [5.74, 6) is -1.91. The van der Waals surface area contributed by atoms with Crippen LogP contribution in [0.4, 0.5) is 0 Å². The number of hydrogen-bond acceptors (Lipinski definition) is 3. The van der Waals surface area contributed by atoms with Crippen LogP contribution < -0.4 is 0 Å². The van der Waals surface area contributed by atoms with E-state index in [1.165, 1.54) is 0 Å². The van der Waals surface area contributed by atoms with Gasteiger partial charge in [0.15, 0.2) is 0 Å². The highest BCUT2D eigenvalue weighted by Gasteiger charge is 2.74. The van der Waals surface area contributed by atoms with Gasteiger partial charge < -0.3 is 14.7 Å². The Bertz CT molecular complexity index is 742. The maximum absolute atomic E-state index is 13.1. The lowest BCUT2D eigenvalue weighted by Crippen LogP contribution is -2.49. The van der Waals surface area contributed by atoms with Crippen LogP contribution in [0.1, 0.15) is 18.1 Å². The monoisotopic (exact) mass is 313 g/mol. The summed E-state index contributed by atoms with van der Waals surface area (Å²) in [6.45, 7) is 4.65. The van der Waals surface area contributed by atoms with Gasteiger partial charge in [-0.25, -0.2) is 0 Å². The Morgan fingerprint density at radius 1 is 1.43 bits per heavy atom. The van der Waals surface area contributed by atoms with Gasteiger partial charge in [-0.2, -0.15) is 0 Å². The van der Waals surface area contributed by atoms with Crippen molar-refractivity contribution in [2.45, 2.75) is 32.1 Å². The Kier molecular flexibility index (Phi) is 2.79. The molecule has 120 valence electrons. The Balaban J connectivity index is 1.70. The summed E-state index contributed by atoms with van der Waals surface area (Å²) in [6.07, 6.45) is 3.19. The minimum atomic E-state index is -1.03. The molecule has 4 atom stereocenters. The van der Waals surface area contributed by atoms with E-state index in [1.807, 2.05) is 37.3 Å². The molecule has 2 bridgehead atoms. The van der Waals surface area contributed by atoms with Crippen LogP contribution in [0.5, 0.6) is 0 Å². The number of benzene rings is 1. The normalized spacial score (nSPS) is 37.5. The summed E-state index contributed by atoms with van der Waals surface area (Å²) in [6, 6.07) is 7.93. The van der Waals surface area contributed by atoms with E-state index in [0.29, 0.717) is 13.1 Å². The predicted octanol–water partition coefficient (Wildman–Crippen LogP) is 1.75. The standard InChI is InChI=1S/C18H19NO4/c1-11-5-3-4-6-12(11)9-19-10-18-8-7-13(23-18)14(15(20)21)17(18,2)16(19)22/h3-8,13-14H,9-10H2,1-2H3,(H,20,21)/t13-,14-,17-,18-/m0/s1. The fourth-order valence-electron chi connectivity index (χ4n) is 4.40. The van der Waals surface area contributed by atoms with Crippen LogP contribution in [0.3, 0.4) is 0 Å². The molecule has 0 unspecified atom stereocenters. The number of carbonyl (C=O) groups is 2. The van der Waals surface area contributed by atoms with Gasteiger partial charge in [0.1, 0.15) is 11.5 Å². The molecule has 3 heterocycles. The summed E-state index contributed by atoms with van der Waals surface area (Å²) < 4.78 is 5.97. The maximum atomic E-state index is 13.1. The zero-order valence-electron chi connectivity index (χ0n) is 13.2. The Hall–Kier alpha value is -2.14. The lowest BCUT2D eigenvalue weighted by molar-refractivity contribution is -0.152. The van der Waals surface area contributed by atoms with Crippen LogP contribution in [0.25, 0.3) is 0 Å². The van der Waals surface area contributed by atoms with E-state index in [9.17, 15) is 14.7 Å². The Labute approximate surface area is 134 Å². The first-order chi connectivity index (χ1) is 10.9. The van der Waals surface area contributed by atoms with Crippen molar-refractivity contribution in [2.75, 3.05) is 6.54 Å². The number of rotatable bonds is 3. The minimum Gasteiger partial charge on any atom is -0.481 e. The van der Waals surface area contributed by atoms with Crippen LogP contribution in [0, 0.1) is 18.3 Å². The lowest BCUT2D eigenvalue weighted by Gasteiger charge is -2.32. The number of aliphatic carboxylic acids is 1. The smallest absolute Gasteiger partial charge is 0.310 e. The summed E-state index contributed by atoms with van der Waals surface area (Å²) >= 11 is 0. The number of likely N-dealkylation sites (tertiary alicyclic amines) is 1. The molecule has 23 heavy (non-hydrogen) atoms. The second kappa shape index (κ2) is 4.45. The van der Waals surface area contributed by atoms with Crippen LogP contribution in [0.2, 0.25) is 0 Å². The fourth-order valence-corrected chi connectivity index (χ4v) is 4.40. The molecule has 1 aromatic carbocycles. The number of aryl methyl sites for hydroxylation is 1. The highest BCUT2D eigenvalue weighted by atomic mass is 16.5. The van der Waals surface area contributed by atoms with Crippen LogP contribution in [-0.4, -0.2) is 40.1 Å². The number of carboxylic acids is 1. The quantitative estimate of drug-likeness (QED) is 0.863. The number of carbonyl (C=O) groups excluding carboxylic acids is 1. The molecule has 0 aliphatic carbocycles. The lowest BCUT2D eigenvalue weighted by atomic mass is 9.65. The molecular weight excluding hydrogens is 294 g/mol. The number of amides is 1. The Morgan fingerprint density at radius 2 is 2.17 bits per heavy atom. The molecule has 4 rings (SSSR count). The molecule has 0 radical (unpaired) electrons. The zero-order chi connectivity index (χ0) is 16.4. The van der Waals surface area contributed by atoms with Gasteiger partial charge >= 0.3 is 5.97 Å².